The monoisotopic (exact) mass is 274 g/mol. The minimum atomic E-state index is 0.155. The Bertz CT molecular complexity index is 564. The van der Waals surface area contributed by atoms with E-state index < -0.39 is 0 Å². The first-order valence-electron chi connectivity index (χ1n) is 6.64. The van der Waals surface area contributed by atoms with E-state index in [0.717, 1.165) is 17.2 Å². The number of nitrogens with zero attached hydrogens (tertiary/aromatic N) is 1. The van der Waals surface area contributed by atoms with Crippen LogP contribution in [0.25, 0.3) is 0 Å². The number of benzene rings is 1. The average molecular weight is 274 g/mol. The summed E-state index contributed by atoms with van der Waals surface area (Å²) in [6.07, 6.45) is 0. The van der Waals surface area contributed by atoms with Crippen LogP contribution in [0.15, 0.2) is 24.3 Å². The summed E-state index contributed by atoms with van der Waals surface area (Å²) in [6.45, 7) is 11.7. The third-order valence-electron chi connectivity index (χ3n) is 3.17. The smallest absolute Gasteiger partial charge is 0.0900 e. The standard InChI is InChI=1S/C16H22N2S/c1-11-15(19-12(2)18-11)10-17-14-9-7-6-8-13(14)16(3,4)5/h6-9,17H,10H2,1-5H3. The molecule has 0 saturated heterocycles. The van der Waals surface area contributed by atoms with Crippen LogP contribution in [-0.4, -0.2) is 4.98 Å². The van der Waals surface area contributed by atoms with Crippen LogP contribution in [0.4, 0.5) is 5.69 Å². The van der Waals surface area contributed by atoms with Gasteiger partial charge in [-0.3, -0.25) is 0 Å². The summed E-state index contributed by atoms with van der Waals surface area (Å²) in [6, 6.07) is 8.55. The second-order valence-electron chi connectivity index (χ2n) is 5.89. The molecule has 1 aromatic carbocycles. The lowest BCUT2D eigenvalue weighted by Gasteiger charge is -2.23. The van der Waals surface area contributed by atoms with Crippen molar-refractivity contribution in [1.82, 2.24) is 4.98 Å². The maximum Gasteiger partial charge on any atom is 0.0900 e. The van der Waals surface area contributed by atoms with Gasteiger partial charge < -0.3 is 5.32 Å². The second-order valence-corrected chi connectivity index (χ2v) is 7.18. The van der Waals surface area contributed by atoms with Crippen molar-refractivity contribution in [1.29, 1.82) is 0 Å². The van der Waals surface area contributed by atoms with Crippen molar-refractivity contribution < 1.29 is 0 Å². The number of thiazole rings is 1. The van der Waals surface area contributed by atoms with Gasteiger partial charge in [0, 0.05) is 10.6 Å². The van der Waals surface area contributed by atoms with Crippen LogP contribution in [0.3, 0.4) is 0 Å². The molecule has 2 nitrogen and oxygen atoms in total. The van der Waals surface area contributed by atoms with Crippen molar-refractivity contribution >= 4 is 17.0 Å². The molecule has 2 rings (SSSR count). The zero-order valence-electron chi connectivity index (χ0n) is 12.4. The van der Waals surface area contributed by atoms with Crippen molar-refractivity contribution in [3.63, 3.8) is 0 Å². The Labute approximate surface area is 119 Å². The predicted molar refractivity (Wildman–Crippen MR) is 84.1 cm³/mol. The van der Waals surface area contributed by atoms with Gasteiger partial charge in [-0.25, -0.2) is 4.98 Å². The second kappa shape index (κ2) is 5.33. The molecule has 0 aliphatic rings. The molecule has 0 fully saturated rings. The molecule has 3 heteroatoms. The molecule has 0 spiro atoms. The first kappa shape index (κ1) is 14.1. The van der Waals surface area contributed by atoms with Crippen molar-refractivity contribution in [2.24, 2.45) is 0 Å². The zero-order chi connectivity index (χ0) is 14.0. The lowest BCUT2D eigenvalue weighted by Crippen LogP contribution is -2.14. The highest BCUT2D eigenvalue weighted by Gasteiger charge is 2.17. The summed E-state index contributed by atoms with van der Waals surface area (Å²) in [5, 5.41) is 4.70. The SMILES string of the molecule is Cc1nc(C)c(CNc2ccccc2C(C)(C)C)s1. The van der Waals surface area contributed by atoms with E-state index in [4.69, 9.17) is 0 Å². The fourth-order valence-electron chi connectivity index (χ4n) is 2.20. The summed E-state index contributed by atoms with van der Waals surface area (Å²) in [5.41, 5.74) is 3.87. The van der Waals surface area contributed by atoms with Crippen molar-refractivity contribution in [2.45, 2.75) is 46.6 Å². The maximum atomic E-state index is 4.47. The van der Waals surface area contributed by atoms with Gasteiger partial charge >= 0.3 is 0 Å². The van der Waals surface area contributed by atoms with Gasteiger partial charge in [0.1, 0.15) is 0 Å². The first-order valence-corrected chi connectivity index (χ1v) is 7.46. The minimum absolute atomic E-state index is 0.155. The summed E-state index contributed by atoms with van der Waals surface area (Å²) in [7, 11) is 0. The zero-order valence-corrected chi connectivity index (χ0v) is 13.2. The molecule has 1 heterocycles. The molecular weight excluding hydrogens is 252 g/mol. The van der Waals surface area contributed by atoms with Crippen molar-refractivity contribution in [3.05, 3.63) is 45.4 Å². The molecule has 0 amide bonds. The summed E-state index contributed by atoms with van der Waals surface area (Å²) >= 11 is 1.77. The molecule has 0 unspecified atom stereocenters. The van der Waals surface area contributed by atoms with E-state index in [2.05, 4.69) is 69.2 Å². The average Bonchev–Trinajstić information content (AvgIpc) is 2.64. The highest BCUT2D eigenvalue weighted by atomic mass is 32.1. The van der Waals surface area contributed by atoms with Crippen molar-refractivity contribution in [3.8, 4) is 0 Å². The lowest BCUT2D eigenvalue weighted by atomic mass is 9.86. The van der Waals surface area contributed by atoms with Gasteiger partial charge in [0.25, 0.3) is 0 Å². The predicted octanol–water partition coefficient (Wildman–Crippen LogP) is 4.67. The Hall–Kier alpha value is -1.35. The Morgan fingerprint density at radius 1 is 1.16 bits per heavy atom. The third kappa shape index (κ3) is 3.35. The Morgan fingerprint density at radius 2 is 1.84 bits per heavy atom. The van der Waals surface area contributed by atoms with Gasteiger partial charge in [-0.15, -0.1) is 11.3 Å². The Morgan fingerprint density at radius 3 is 2.42 bits per heavy atom. The first-order chi connectivity index (χ1) is 8.88. The molecule has 102 valence electrons. The normalized spacial score (nSPS) is 11.6. The molecule has 1 N–H and O–H groups in total. The van der Waals surface area contributed by atoms with Gasteiger partial charge in [0.2, 0.25) is 0 Å². The van der Waals surface area contributed by atoms with E-state index in [1.165, 1.54) is 16.1 Å². The third-order valence-corrected chi connectivity index (χ3v) is 4.25. The number of anilines is 1. The highest BCUT2D eigenvalue weighted by molar-refractivity contribution is 7.11. The molecule has 0 atom stereocenters. The molecule has 0 radical (unpaired) electrons. The minimum Gasteiger partial charge on any atom is -0.380 e. The molecular formula is C16H22N2S. The van der Waals surface area contributed by atoms with E-state index in [-0.39, 0.29) is 5.41 Å². The van der Waals surface area contributed by atoms with Crippen LogP contribution >= 0.6 is 11.3 Å². The van der Waals surface area contributed by atoms with Gasteiger partial charge in [-0.05, 0) is 30.9 Å². The van der Waals surface area contributed by atoms with Gasteiger partial charge in [-0.2, -0.15) is 0 Å². The van der Waals surface area contributed by atoms with E-state index in [0.29, 0.717) is 0 Å². The topological polar surface area (TPSA) is 24.9 Å². The summed E-state index contributed by atoms with van der Waals surface area (Å²) < 4.78 is 0. The number of para-hydroxylation sites is 1. The lowest BCUT2D eigenvalue weighted by molar-refractivity contribution is 0.591. The molecule has 0 saturated carbocycles. The molecule has 0 aliphatic heterocycles. The summed E-state index contributed by atoms with van der Waals surface area (Å²) in [5.74, 6) is 0. The fraction of sp³-hybridized carbons (Fsp3) is 0.438. The van der Waals surface area contributed by atoms with Crippen LogP contribution in [0, 0.1) is 13.8 Å². The van der Waals surface area contributed by atoms with Crippen LogP contribution < -0.4 is 5.32 Å². The Balaban J connectivity index is 2.18. The molecule has 0 aliphatic carbocycles. The Kier molecular flexibility index (Phi) is 3.95. The van der Waals surface area contributed by atoms with E-state index in [1.807, 2.05) is 0 Å². The van der Waals surface area contributed by atoms with Gasteiger partial charge in [0.05, 0.1) is 17.2 Å². The van der Waals surface area contributed by atoms with Crippen molar-refractivity contribution in [2.75, 3.05) is 5.32 Å². The van der Waals surface area contributed by atoms with Crippen LogP contribution in [0.2, 0.25) is 0 Å². The number of aryl methyl sites for hydroxylation is 2. The molecule has 19 heavy (non-hydrogen) atoms. The molecule has 2 aromatic rings. The molecule has 1 aromatic heterocycles. The number of hydrogen-bond donors (Lipinski definition) is 1. The highest BCUT2D eigenvalue weighted by Crippen LogP contribution is 2.30. The van der Waals surface area contributed by atoms with Crippen LogP contribution in [0.1, 0.15) is 41.9 Å². The van der Waals surface area contributed by atoms with Crippen LogP contribution in [-0.2, 0) is 12.0 Å². The number of aromatic nitrogens is 1. The number of nitrogens with one attached hydrogen (secondary N) is 1. The van der Waals surface area contributed by atoms with E-state index in [1.54, 1.807) is 11.3 Å². The number of hydrogen-bond acceptors (Lipinski definition) is 3. The van der Waals surface area contributed by atoms with E-state index >= 15 is 0 Å². The van der Waals surface area contributed by atoms with E-state index in [9.17, 15) is 0 Å². The maximum absolute atomic E-state index is 4.47. The largest absolute Gasteiger partial charge is 0.380 e. The number of rotatable bonds is 3. The molecule has 0 bridgehead atoms. The fourth-order valence-corrected chi connectivity index (χ4v) is 3.08. The van der Waals surface area contributed by atoms with Crippen LogP contribution in [0.5, 0.6) is 0 Å². The van der Waals surface area contributed by atoms with Gasteiger partial charge in [-0.1, -0.05) is 39.0 Å². The summed E-state index contributed by atoms with van der Waals surface area (Å²) in [4.78, 5) is 5.79. The quantitative estimate of drug-likeness (QED) is 0.879. The van der Waals surface area contributed by atoms with Gasteiger partial charge in [0.15, 0.2) is 0 Å².